The van der Waals surface area contributed by atoms with Gasteiger partial charge in [0.05, 0.1) is 11.4 Å². The topological polar surface area (TPSA) is 30.0 Å². The minimum atomic E-state index is -0.0154. The lowest BCUT2D eigenvalue weighted by Gasteiger charge is -1.99. The summed E-state index contributed by atoms with van der Waals surface area (Å²) >= 11 is 1.64. The molecule has 0 fully saturated rings. The third-order valence-electron chi connectivity index (χ3n) is 3.05. The molecule has 2 nitrogen and oxygen atoms in total. The summed E-state index contributed by atoms with van der Waals surface area (Å²) in [5.74, 6) is -0.0154. The standard InChI is InChI=1S/C18H13NOS/c20-18(14-5-2-1-3-6-14)10-9-16-7-4-8-17(19-16)15-11-12-21-13-15/h1-13H/b10-9+. The Kier molecular flexibility index (Phi) is 4.03. The van der Waals surface area contributed by atoms with Gasteiger partial charge in [-0.25, -0.2) is 4.98 Å². The zero-order valence-electron chi connectivity index (χ0n) is 11.3. The van der Waals surface area contributed by atoms with E-state index in [4.69, 9.17) is 0 Å². The predicted octanol–water partition coefficient (Wildman–Crippen LogP) is 4.71. The molecule has 102 valence electrons. The van der Waals surface area contributed by atoms with E-state index in [2.05, 4.69) is 10.4 Å². The highest BCUT2D eigenvalue weighted by atomic mass is 32.1. The van der Waals surface area contributed by atoms with Crippen molar-refractivity contribution in [2.45, 2.75) is 0 Å². The first kappa shape index (κ1) is 13.5. The van der Waals surface area contributed by atoms with E-state index < -0.39 is 0 Å². The molecule has 21 heavy (non-hydrogen) atoms. The summed E-state index contributed by atoms with van der Waals surface area (Å²) in [6.45, 7) is 0. The molecule has 1 aromatic carbocycles. The summed E-state index contributed by atoms with van der Waals surface area (Å²) in [5, 5.41) is 4.09. The van der Waals surface area contributed by atoms with Crippen LogP contribution in [-0.4, -0.2) is 10.8 Å². The molecular formula is C18H13NOS. The molecule has 0 aliphatic heterocycles. The lowest BCUT2D eigenvalue weighted by Crippen LogP contribution is -1.93. The number of allylic oxidation sites excluding steroid dienone is 1. The molecule has 0 radical (unpaired) electrons. The van der Waals surface area contributed by atoms with E-state index in [-0.39, 0.29) is 5.78 Å². The molecule has 0 N–H and O–H groups in total. The van der Waals surface area contributed by atoms with Crippen molar-refractivity contribution in [2.75, 3.05) is 0 Å². The van der Waals surface area contributed by atoms with Crippen molar-refractivity contribution in [2.24, 2.45) is 0 Å². The number of thiophene rings is 1. The summed E-state index contributed by atoms with van der Waals surface area (Å²) in [6, 6.07) is 17.1. The van der Waals surface area contributed by atoms with Crippen molar-refractivity contribution < 1.29 is 4.79 Å². The van der Waals surface area contributed by atoms with E-state index in [0.717, 1.165) is 17.0 Å². The van der Waals surface area contributed by atoms with Crippen molar-refractivity contribution in [3.63, 3.8) is 0 Å². The van der Waals surface area contributed by atoms with Crippen LogP contribution in [0.1, 0.15) is 16.1 Å². The van der Waals surface area contributed by atoms with E-state index in [1.165, 1.54) is 0 Å². The van der Waals surface area contributed by atoms with Crippen molar-refractivity contribution in [3.8, 4) is 11.3 Å². The minimum Gasteiger partial charge on any atom is -0.289 e. The molecule has 0 aliphatic carbocycles. The second-order valence-electron chi connectivity index (χ2n) is 4.52. The zero-order valence-corrected chi connectivity index (χ0v) is 12.1. The lowest BCUT2D eigenvalue weighted by molar-refractivity contribution is 0.104. The van der Waals surface area contributed by atoms with E-state index in [9.17, 15) is 4.79 Å². The number of carbonyl (C=O) groups excluding carboxylic acids is 1. The Hall–Kier alpha value is -2.52. The largest absolute Gasteiger partial charge is 0.289 e. The number of carbonyl (C=O) groups is 1. The molecule has 2 aromatic heterocycles. The van der Waals surface area contributed by atoms with Gasteiger partial charge in [0.25, 0.3) is 0 Å². The molecule has 0 bridgehead atoms. The first-order valence-corrected chi connectivity index (χ1v) is 7.54. The Morgan fingerprint density at radius 3 is 2.62 bits per heavy atom. The molecule has 0 amide bonds. The molecule has 3 heteroatoms. The van der Waals surface area contributed by atoms with Crippen molar-refractivity contribution >= 4 is 23.2 Å². The molecule has 2 heterocycles. The van der Waals surface area contributed by atoms with E-state index in [1.54, 1.807) is 23.5 Å². The summed E-state index contributed by atoms with van der Waals surface area (Å²) in [6.07, 6.45) is 3.32. The van der Waals surface area contributed by atoms with Crippen LogP contribution < -0.4 is 0 Å². The lowest BCUT2D eigenvalue weighted by atomic mass is 10.1. The summed E-state index contributed by atoms with van der Waals surface area (Å²) in [7, 11) is 0. The number of hydrogen-bond donors (Lipinski definition) is 0. The van der Waals surface area contributed by atoms with Gasteiger partial charge in [-0.05, 0) is 35.7 Å². The van der Waals surface area contributed by atoms with Gasteiger partial charge < -0.3 is 0 Å². The maximum absolute atomic E-state index is 12.0. The highest BCUT2D eigenvalue weighted by Crippen LogP contribution is 2.20. The predicted molar refractivity (Wildman–Crippen MR) is 87.4 cm³/mol. The minimum absolute atomic E-state index is 0.0154. The molecule has 3 rings (SSSR count). The van der Waals surface area contributed by atoms with Crippen LogP contribution in [0.2, 0.25) is 0 Å². The zero-order chi connectivity index (χ0) is 14.5. The van der Waals surface area contributed by atoms with Crippen LogP contribution in [0.3, 0.4) is 0 Å². The Balaban J connectivity index is 1.81. The summed E-state index contributed by atoms with van der Waals surface area (Å²) in [5.41, 5.74) is 3.49. The number of rotatable bonds is 4. The van der Waals surface area contributed by atoms with Gasteiger partial charge >= 0.3 is 0 Å². The van der Waals surface area contributed by atoms with Crippen LogP contribution in [0.15, 0.2) is 71.4 Å². The van der Waals surface area contributed by atoms with Crippen LogP contribution in [0, 0.1) is 0 Å². The Morgan fingerprint density at radius 2 is 1.86 bits per heavy atom. The number of benzene rings is 1. The normalized spacial score (nSPS) is 10.9. The van der Waals surface area contributed by atoms with Crippen molar-refractivity contribution in [3.05, 3.63) is 82.7 Å². The third kappa shape index (κ3) is 3.33. The van der Waals surface area contributed by atoms with Gasteiger partial charge in [0, 0.05) is 16.5 Å². The van der Waals surface area contributed by atoms with E-state index in [0.29, 0.717) is 5.56 Å². The van der Waals surface area contributed by atoms with Crippen LogP contribution >= 0.6 is 11.3 Å². The SMILES string of the molecule is O=C(/C=C/c1cccc(-c2ccsc2)n1)c1ccccc1. The Bertz CT molecular complexity index is 761. The van der Waals surface area contributed by atoms with Crippen molar-refractivity contribution in [1.82, 2.24) is 4.98 Å². The molecule has 0 atom stereocenters. The van der Waals surface area contributed by atoms with Gasteiger partial charge in [0.15, 0.2) is 5.78 Å². The van der Waals surface area contributed by atoms with Crippen LogP contribution in [-0.2, 0) is 0 Å². The van der Waals surface area contributed by atoms with Gasteiger partial charge in [0.2, 0.25) is 0 Å². The van der Waals surface area contributed by atoms with E-state index >= 15 is 0 Å². The highest BCUT2D eigenvalue weighted by Gasteiger charge is 2.02. The Labute approximate surface area is 127 Å². The maximum atomic E-state index is 12.0. The van der Waals surface area contributed by atoms with Gasteiger partial charge in [0.1, 0.15) is 0 Å². The molecule has 3 aromatic rings. The van der Waals surface area contributed by atoms with Gasteiger partial charge in [-0.1, -0.05) is 36.4 Å². The Morgan fingerprint density at radius 1 is 1.00 bits per heavy atom. The number of hydrogen-bond acceptors (Lipinski definition) is 3. The number of pyridine rings is 1. The first-order valence-electron chi connectivity index (χ1n) is 6.60. The number of ketones is 1. The second kappa shape index (κ2) is 6.29. The molecular weight excluding hydrogens is 278 g/mol. The summed E-state index contributed by atoms with van der Waals surface area (Å²) in [4.78, 5) is 16.6. The molecule has 0 saturated heterocycles. The maximum Gasteiger partial charge on any atom is 0.185 e. The van der Waals surface area contributed by atoms with Crippen LogP contribution in [0.4, 0.5) is 0 Å². The fourth-order valence-electron chi connectivity index (χ4n) is 1.97. The van der Waals surface area contributed by atoms with Crippen LogP contribution in [0.5, 0.6) is 0 Å². The third-order valence-corrected chi connectivity index (χ3v) is 3.73. The second-order valence-corrected chi connectivity index (χ2v) is 5.30. The quantitative estimate of drug-likeness (QED) is 0.515. The van der Waals surface area contributed by atoms with E-state index in [1.807, 2.05) is 60.0 Å². The molecule has 0 spiro atoms. The highest BCUT2D eigenvalue weighted by molar-refractivity contribution is 7.08. The van der Waals surface area contributed by atoms with Gasteiger partial charge in [-0.3, -0.25) is 4.79 Å². The molecule has 0 aliphatic rings. The fraction of sp³-hybridized carbons (Fsp3) is 0. The van der Waals surface area contributed by atoms with Crippen LogP contribution in [0.25, 0.3) is 17.3 Å². The molecule has 0 saturated carbocycles. The average molecular weight is 291 g/mol. The number of nitrogens with zero attached hydrogens (tertiary/aromatic N) is 1. The van der Waals surface area contributed by atoms with Gasteiger partial charge in [-0.2, -0.15) is 11.3 Å². The van der Waals surface area contributed by atoms with Gasteiger partial charge in [-0.15, -0.1) is 0 Å². The smallest absolute Gasteiger partial charge is 0.185 e. The average Bonchev–Trinajstić information content (AvgIpc) is 3.08. The first-order chi connectivity index (χ1) is 10.3. The molecule has 0 unspecified atom stereocenters. The van der Waals surface area contributed by atoms with Crippen molar-refractivity contribution in [1.29, 1.82) is 0 Å². The summed E-state index contributed by atoms with van der Waals surface area (Å²) < 4.78 is 0. The fourth-order valence-corrected chi connectivity index (χ4v) is 2.62. The monoisotopic (exact) mass is 291 g/mol. The number of aromatic nitrogens is 1.